The summed E-state index contributed by atoms with van der Waals surface area (Å²) in [4.78, 5) is 18.3. The number of para-hydroxylation sites is 2. The van der Waals surface area contributed by atoms with Crippen LogP contribution in [-0.2, 0) is 4.79 Å². The zero-order chi connectivity index (χ0) is 25.3. The van der Waals surface area contributed by atoms with Crippen LogP contribution in [0.2, 0.25) is 5.02 Å². The molecule has 0 bridgehead atoms. The van der Waals surface area contributed by atoms with Crippen LogP contribution in [0, 0.1) is 0 Å². The number of ether oxygens (including phenoxy) is 1. The van der Waals surface area contributed by atoms with Crippen LogP contribution < -0.4 is 20.7 Å². The van der Waals surface area contributed by atoms with Gasteiger partial charge in [0.15, 0.2) is 5.11 Å². The highest BCUT2D eigenvalue weighted by Gasteiger charge is 2.23. The lowest BCUT2D eigenvalue weighted by molar-refractivity contribution is -0.115. The smallest absolute Gasteiger partial charge is 0.243 e. The molecule has 9 heteroatoms. The van der Waals surface area contributed by atoms with Crippen LogP contribution in [0.5, 0.6) is 5.75 Å². The van der Waals surface area contributed by atoms with E-state index in [1.54, 1.807) is 19.2 Å². The van der Waals surface area contributed by atoms with Crippen LogP contribution in [0.4, 0.5) is 17.2 Å². The molecule has 6 nitrogen and oxygen atoms in total. The molecule has 1 heterocycles. The molecule has 182 valence electrons. The molecule has 0 spiro atoms. The van der Waals surface area contributed by atoms with E-state index in [0.29, 0.717) is 21.7 Å². The zero-order valence-electron chi connectivity index (χ0n) is 19.3. The Hall–Kier alpha value is -3.59. The largest absolute Gasteiger partial charge is 0.495 e. The lowest BCUT2D eigenvalue weighted by Gasteiger charge is -2.18. The average Bonchev–Trinajstić information content (AvgIpc) is 2.89. The second-order valence-electron chi connectivity index (χ2n) is 7.57. The number of nitrogens with zero attached hydrogens (tertiary/aromatic N) is 1. The molecule has 1 unspecified atom stereocenters. The van der Waals surface area contributed by atoms with Gasteiger partial charge in [0.05, 0.1) is 17.8 Å². The van der Waals surface area contributed by atoms with Crippen LogP contribution in [0.25, 0.3) is 0 Å². The summed E-state index contributed by atoms with van der Waals surface area (Å²) in [7, 11) is 1.61. The lowest BCUT2D eigenvalue weighted by atomic mass is 10.1. The number of hydrogen-bond acceptors (Lipinski definition) is 5. The first kappa shape index (κ1) is 25.5. The van der Waals surface area contributed by atoms with Crippen LogP contribution in [-0.4, -0.2) is 23.1 Å². The molecular formula is C27H23ClN4O2S2. The molecule has 0 aliphatic rings. The van der Waals surface area contributed by atoms with Gasteiger partial charge in [0, 0.05) is 16.8 Å². The minimum atomic E-state index is -0.502. The molecule has 3 aromatic carbocycles. The number of benzene rings is 3. The number of thiocarbonyl (C=S) groups is 1. The van der Waals surface area contributed by atoms with Crippen molar-refractivity contribution in [2.45, 2.75) is 10.1 Å². The second-order valence-corrected chi connectivity index (χ2v) is 9.59. The van der Waals surface area contributed by atoms with Gasteiger partial charge in [-0.25, -0.2) is 4.98 Å². The van der Waals surface area contributed by atoms with Crippen LogP contribution in [0.1, 0.15) is 10.8 Å². The number of aromatic nitrogens is 1. The minimum absolute atomic E-state index is 0.187. The summed E-state index contributed by atoms with van der Waals surface area (Å²) in [5, 5.41) is 9.66. The summed E-state index contributed by atoms with van der Waals surface area (Å²) >= 11 is 12.8. The molecule has 0 fully saturated rings. The average molecular weight is 535 g/mol. The van der Waals surface area contributed by atoms with Gasteiger partial charge in [-0.1, -0.05) is 60.1 Å². The maximum Gasteiger partial charge on any atom is 0.243 e. The number of carbonyl (C=O) groups is 1. The fourth-order valence-corrected chi connectivity index (χ4v) is 4.78. The number of anilines is 3. The number of rotatable bonds is 8. The number of halogens is 1. The van der Waals surface area contributed by atoms with E-state index < -0.39 is 5.25 Å². The third kappa shape index (κ3) is 6.97. The predicted molar refractivity (Wildman–Crippen MR) is 152 cm³/mol. The summed E-state index contributed by atoms with van der Waals surface area (Å²) in [6.07, 6.45) is 1.50. The molecule has 4 rings (SSSR count). The normalized spacial score (nSPS) is 11.3. The molecule has 0 aliphatic carbocycles. The highest BCUT2D eigenvalue weighted by Crippen LogP contribution is 2.37. The third-order valence-electron chi connectivity index (χ3n) is 5.02. The van der Waals surface area contributed by atoms with Gasteiger partial charge in [-0.2, -0.15) is 0 Å². The van der Waals surface area contributed by atoms with Gasteiger partial charge in [-0.3, -0.25) is 4.79 Å². The number of amides is 1. The number of hydrogen-bond donors (Lipinski definition) is 3. The second kappa shape index (κ2) is 12.4. The minimum Gasteiger partial charge on any atom is -0.495 e. The summed E-state index contributed by atoms with van der Waals surface area (Å²) < 4.78 is 5.37. The van der Waals surface area contributed by atoms with Gasteiger partial charge >= 0.3 is 0 Å². The summed E-state index contributed by atoms with van der Waals surface area (Å²) in [5.74, 6) is 0.944. The number of methoxy groups -OCH3 is 1. The van der Waals surface area contributed by atoms with Gasteiger partial charge < -0.3 is 20.7 Å². The first-order valence-electron chi connectivity index (χ1n) is 11.0. The van der Waals surface area contributed by atoms with Crippen molar-refractivity contribution in [1.82, 2.24) is 4.98 Å². The van der Waals surface area contributed by atoms with Crippen molar-refractivity contribution in [3.8, 4) is 5.75 Å². The Morgan fingerprint density at radius 2 is 1.72 bits per heavy atom. The maximum atomic E-state index is 13.3. The number of thioether (sulfide) groups is 1. The zero-order valence-corrected chi connectivity index (χ0v) is 21.7. The monoisotopic (exact) mass is 534 g/mol. The molecule has 1 atom stereocenters. The molecule has 1 aromatic heterocycles. The Morgan fingerprint density at radius 1 is 0.944 bits per heavy atom. The molecule has 0 radical (unpaired) electrons. The maximum absolute atomic E-state index is 13.3. The Bertz CT molecular complexity index is 1340. The van der Waals surface area contributed by atoms with Crippen molar-refractivity contribution < 1.29 is 9.53 Å². The van der Waals surface area contributed by atoms with Crippen molar-refractivity contribution in [3.05, 3.63) is 108 Å². The Balaban J connectivity index is 1.49. The van der Waals surface area contributed by atoms with Crippen molar-refractivity contribution in [2.24, 2.45) is 0 Å². The van der Waals surface area contributed by atoms with Gasteiger partial charge in [0.25, 0.3) is 0 Å². The molecule has 0 aliphatic heterocycles. The van der Waals surface area contributed by atoms with Gasteiger partial charge in [-0.05, 0) is 60.2 Å². The summed E-state index contributed by atoms with van der Waals surface area (Å²) in [6.45, 7) is 0. The van der Waals surface area contributed by atoms with E-state index in [9.17, 15) is 4.79 Å². The van der Waals surface area contributed by atoms with Crippen LogP contribution in [0.3, 0.4) is 0 Å². The standard InChI is InChI=1S/C27H23ClN4O2S2/c1-34-23-13-6-5-12-22(23)31-27(35)30-20-10-7-11-21(16-20)36-25(18-8-3-2-4-9-18)26(33)32-24-15-14-19(28)17-29-24/h2-17,25H,1H3,(H,29,32,33)(H2,30,31,35). The molecule has 0 saturated carbocycles. The molecule has 4 aromatic rings. The van der Waals surface area contributed by atoms with E-state index in [4.69, 9.17) is 28.6 Å². The SMILES string of the molecule is COc1ccccc1NC(=S)Nc1cccc(SC(C(=O)Nc2ccc(Cl)cn2)c2ccccc2)c1. The van der Waals surface area contributed by atoms with Crippen molar-refractivity contribution in [2.75, 3.05) is 23.1 Å². The topological polar surface area (TPSA) is 75.3 Å². The third-order valence-corrected chi connectivity index (χ3v) is 6.70. The van der Waals surface area contributed by atoms with E-state index in [-0.39, 0.29) is 5.91 Å². The van der Waals surface area contributed by atoms with E-state index >= 15 is 0 Å². The van der Waals surface area contributed by atoms with E-state index in [1.165, 1.54) is 18.0 Å². The van der Waals surface area contributed by atoms with E-state index in [1.807, 2.05) is 78.9 Å². The van der Waals surface area contributed by atoms with Crippen molar-refractivity contribution in [1.29, 1.82) is 0 Å². The molecule has 1 amide bonds. The van der Waals surface area contributed by atoms with Gasteiger partial charge in [-0.15, -0.1) is 11.8 Å². The van der Waals surface area contributed by atoms with E-state index in [0.717, 1.165) is 21.8 Å². The Morgan fingerprint density at radius 3 is 2.47 bits per heavy atom. The summed E-state index contributed by atoms with van der Waals surface area (Å²) in [6, 6.07) is 28.2. The predicted octanol–water partition coefficient (Wildman–Crippen LogP) is 7.02. The molecule has 0 saturated heterocycles. The lowest BCUT2D eigenvalue weighted by Crippen LogP contribution is -2.20. The quantitative estimate of drug-likeness (QED) is 0.165. The highest BCUT2D eigenvalue weighted by molar-refractivity contribution is 8.00. The van der Waals surface area contributed by atoms with E-state index in [2.05, 4.69) is 20.9 Å². The molecule has 3 N–H and O–H groups in total. The molecular weight excluding hydrogens is 512 g/mol. The molecule has 36 heavy (non-hydrogen) atoms. The van der Waals surface area contributed by atoms with Crippen LogP contribution >= 0.6 is 35.6 Å². The fourth-order valence-electron chi connectivity index (χ4n) is 3.36. The number of carbonyl (C=O) groups excluding carboxylic acids is 1. The number of pyridine rings is 1. The Kier molecular flexibility index (Phi) is 8.78. The van der Waals surface area contributed by atoms with Crippen LogP contribution in [0.15, 0.2) is 102 Å². The number of nitrogens with one attached hydrogen (secondary N) is 3. The highest BCUT2D eigenvalue weighted by atomic mass is 35.5. The first-order valence-corrected chi connectivity index (χ1v) is 12.6. The summed E-state index contributed by atoms with van der Waals surface area (Å²) in [5.41, 5.74) is 2.43. The fraction of sp³-hybridized carbons (Fsp3) is 0.0741. The van der Waals surface area contributed by atoms with Crippen molar-refractivity contribution in [3.63, 3.8) is 0 Å². The first-order chi connectivity index (χ1) is 17.5. The van der Waals surface area contributed by atoms with Crippen molar-refractivity contribution >= 4 is 63.8 Å². The van der Waals surface area contributed by atoms with Gasteiger partial charge in [0.1, 0.15) is 16.8 Å². The van der Waals surface area contributed by atoms with Gasteiger partial charge in [0.2, 0.25) is 5.91 Å². The Labute approximate surface area is 224 Å².